The standard InChI is InChI=1S/C23H31NO2/c1-15-16-9-19-11-17(15)12-20(10-16)23(19,18-5-3-2-4-6-18)13-22(26)24-8-7-21(25)14-24/h2-6,15-17,19-21,25H,7-14H2,1H3/t15?,16?,17?,19?,20?,21-,23?/m0/s1. The van der Waals surface area contributed by atoms with Crippen molar-refractivity contribution in [2.45, 2.75) is 57.0 Å². The summed E-state index contributed by atoms with van der Waals surface area (Å²) in [6, 6.07) is 10.9. The van der Waals surface area contributed by atoms with Crippen molar-refractivity contribution in [2.75, 3.05) is 13.1 Å². The second kappa shape index (κ2) is 6.09. The minimum atomic E-state index is -0.328. The molecule has 3 nitrogen and oxygen atoms in total. The molecule has 1 N–H and O–H groups in total. The van der Waals surface area contributed by atoms with Crippen molar-refractivity contribution < 1.29 is 9.90 Å². The lowest BCUT2D eigenvalue weighted by Gasteiger charge is -2.63. The minimum absolute atomic E-state index is 0.0268. The highest BCUT2D eigenvalue weighted by Crippen LogP contribution is 2.65. The monoisotopic (exact) mass is 353 g/mol. The molecule has 1 aliphatic heterocycles. The second-order valence-electron chi connectivity index (χ2n) is 9.58. The highest BCUT2D eigenvalue weighted by Gasteiger charge is 2.60. The van der Waals surface area contributed by atoms with E-state index >= 15 is 0 Å². The van der Waals surface area contributed by atoms with E-state index in [4.69, 9.17) is 0 Å². The number of rotatable bonds is 3. The van der Waals surface area contributed by atoms with Crippen molar-refractivity contribution >= 4 is 5.91 Å². The summed E-state index contributed by atoms with van der Waals surface area (Å²) in [5.41, 5.74) is 1.42. The van der Waals surface area contributed by atoms with Crippen molar-refractivity contribution in [1.82, 2.24) is 4.90 Å². The molecule has 5 fully saturated rings. The van der Waals surface area contributed by atoms with Crippen LogP contribution in [-0.2, 0) is 10.2 Å². The first-order valence-corrected chi connectivity index (χ1v) is 10.6. The molecule has 26 heavy (non-hydrogen) atoms. The average molecular weight is 354 g/mol. The number of amides is 1. The van der Waals surface area contributed by atoms with E-state index in [2.05, 4.69) is 37.3 Å². The number of nitrogens with zero attached hydrogens (tertiary/aromatic N) is 1. The van der Waals surface area contributed by atoms with Gasteiger partial charge in [-0.1, -0.05) is 37.3 Å². The number of hydrogen-bond donors (Lipinski definition) is 1. The fourth-order valence-electron chi connectivity index (χ4n) is 7.21. The molecule has 4 aliphatic carbocycles. The van der Waals surface area contributed by atoms with Crippen molar-refractivity contribution in [3.63, 3.8) is 0 Å². The second-order valence-corrected chi connectivity index (χ2v) is 9.58. The van der Waals surface area contributed by atoms with Gasteiger partial charge in [0.1, 0.15) is 0 Å². The van der Waals surface area contributed by atoms with Gasteiger partial charge in [0.15, 0.2) is 0 Å². The summed E-state index contributed by atoms with van der Waals surface area (Å²) in [5, 5.41) is 9.87. The predicted molar refractivity (Wildman–Crippen MR) is 102 cm³/mol. The van der Waals surface area contributed by atoms with Crippen LogP contribution in [0.5, 0.6) is 0 Å². The number of carbonyl (C=O) groups is 1. The molecule has 1 saturated heterocycles. The average Bonchev–Trinajstić information content (AvgIpc) is 3.07. The molecule has 1 heterocycles. The van der Waals surface area contributed by atoms with Crippen LogP contribution in [0.2, 0.25) is 0 Å². The Labute approximate surface area is 156 Å². The molecule has 1 amide bonds. The zero-order valence-corrected chi connectivity index (χ0v) is 15.8. The maximum absolute atomic E-state index is 13.2. The summed E-state index contributed by atoms with van der Waals surface area (Å²) >= 11 is 0. The normalized spacial score (nSPS) is 43.8. The topological polar surface area (TPSA) is 40.5 Å². The van der Waals surface area contributed by atoms with Gasteiger partial charge in [-0.3, -0.25) is 4.79 Å². The van der Waals surface area contributed by atoms with Crippen LogP contribution < -0.4 is 0 Å². The summed E-state index contributed by atoms with van der Waals surface area (Å²) in [6.45, 7) is 3.72. The van der Waals surface area contributed by atoms with Crippen molar-refractivity contribution in [1.29, 1.82) is 0 Å². The number of aliphatic hydroxyl groups excluding tert-OH is 1. The summed E-state index contributed by atoms with van der Waals surface area (Å²) in [6.07, 6.45) is 6.27. The van der Waals surface area contributed by atoms with E-state index in [0.717, 1.165) is 30.7 Å². The zero-order valence-electron chi connectivity index (χ0n) is 15.8. The Morgan fingerprint density at radius 1 is 1.12 bits per heavy atom. The van der Waals surface area contributed by atoms with Gasteiger partial charge in [0.2, 0.25) is 5.91 Å². The van der Waals surface area contributed by atoms with Gasteiger partial charge in [-0.05, 0) is 67.3 Å². The van der Waals surface area contributed by atoms with E-state index in [-0.39, 0.29) is 17.4 Å². The Hall–Kier alpha value is -1.35. The molecule has 140 valence electrons. The molecule has 6 rings (SSSR count). The number of aliphatic hydroxyl groups is 1. The molecular formula is C23H31NO2. The molecule has 0 radical (unpaired) electrons. The van der Waals surface area contributed by atoms with Gasteiger partial charge in [-0.15, -0.1) is 0 Å². The van der Waals surface area contributed by atoms with E-state index in [1.807, 2.05) is 4.90 Å². The van der Waals surface area contributed by atoms with Gasteiger partial charge in [-0.2, -0.15) is 0 Å². The third-order valence-electron chi connectivity index (χ3n) is 8.56. The maximum atomic E-state index is 13.2. The molecule has 3 heteroatoms. The van der Waals surface area contributed by atoms with Crippen LogP contribution in [0.4, 0.5) is 0 Å². The van der Waals surface area contributed by atoms with Gasteiger partial charge in [-0.25, -0.2) is 0 Å². The van der Waals surface area contributed by atoms with Crippen LogP contribution in [0, 0.1) is 29.6 Å². The zero-order chi connectivity index (χ0) is 17.9. The molecule has 0 aromatic heterocycles. The summed E-state index contributed by atoms with van der Waals surface area (Å²) in [4.78, 5) is 15.2. The Morgan fingerprint density at radius 3 is 2.27 bits per heavy atom. The Balaban J connectivity index is 1.50. The third kappa shape index (κ3) is 2.39. The van der Waals surface area contributed by atoms with Gasteiger partial charge >= 0.3 is 0 Å². The molecule has 5 aliphatic rings. The molecule has 4 saturated carbocycles. The van der Waals surface area contributed by atoms with Crippen LogP contribution in [0.3, 0.4) is 0 Å². The summed E-state index contributed by atoms with van der Waals surface area (Å²) in [5.74, 6) is 4.20. The number of hydrogen-bond acceptors (Lipinski definition) is 2. The summed E-state index contributed by atoms with van der Waals surface area (Å²) < 4.78 is 0. The van der Waals surface area contributed by atoms with Crippen LogP contribution in [0.1, 0.15) is 51.0 Å². The highest BCUT2D eigenvalue weighted by molar-refractivity contribution is 5.78. The van der Waals surface area contributed by atoms with E-state index in [1.165, 1.54) is 31.2 Å². The quantitative estimate of drug-likeness (QED) is 0.902. The lowest BCUT2D eigenvalue weighted by Crippen LogP contribution is -2.59. The molecule has 4 bridgehead atoms. The number of carbonyl (C=O) groups excluding carboxylic acids is 1. The van der Waals surface area contributed by atoms with Crippen LogP contribution in [-0.4, -0.2) is 35.1 Å². The lowest BCUT2D eigenvalue weighted by molar-refractivity contribution is -0.141. The smallest absolute Gasteiger partial charge is 0.223 e. The van der Waals surface area contributed by atoms with Gasteiger partial charge in [0, 0.05) is 24.9 Å². The van der Waals surface area contributed by atoms with E-state index in [9.17, 15) is 9.90 Å². The fourth-order valence-corrected chi connectivity index (χ4v) is 7.21. The number of likely N-dealkylation sites (tertiary alicyclic amines) is 1. The largest absolute Gasteiger partial charge is 0.391 e. The van der Waals surface area contributed by atoms with Crippen molar-refractivity contribution in [3.05, 3.63) is 35.9 Å². The SMILES string of the molecule is CC1C2CC3CC1CC(C2)C3(CC(=O)N1CC[C@H](O)C1)c1ccccc1. The molecule has 1 aromatic rings. The van der Waals surface area contributed by atoms with E-state index in [0.29, 0.717) is 24.8 Å². The van der Waals surface area contributed by atoms with Crippen LogP contribution in [0.25, 0.3) is 0 Å². The first kappa shape index (κ1) is 16.8. The van der Waals surface area contributed by atoms with E-state index < -0.39 is 0 Å². The van der Waals surface area contributed by atoms with Gasteiger partial charge in [0.25, 0.3) is 0 Å². The molecule has 1 aromatic carbocycles. The maximum Gasteiger partial charge on any atom is 0.223 e. The van der Waals surface area contributed by atoms with Crippen molar-refractivity contribution in [3.8, 4) is 0 Å². The molecule has 0 unspecified atom stereocenters. The molecular weight excluding hydrogens is 322 g/mol. The Kier molecular flexibility index (Phi) is 3.93. The van der Waals surface area contributed by atoms with Crippen LogP contribution >= 0.6 is 0 Å². The lowest BCUT2D eigenvalue weighted by atomic mass is 9.41. The Morgan fingerprint density at radius 2 is 1.73 bits per heavy atom. The molecule has 0 spiro atoms. The number of β-amino-alcohol motifs (C(OH)–C–C–N with tert-alkyl or cyclic N) is 1. The first-order chi connectivity index (χ1) is 12.6. The van der Waals surface area contributed by atoms with Crippen LogP contribution in [0.15, 0.2) is 30.3 Å². The fraction of sp³-hybridized carbons (Fsp3) is 0.696. The first-order valence-electron chi connectivity index (χ1n) is 10.6. The highest BCUT2D eigenvalue weighted by atomic mass is 16.3. The third-order valence-corrected chi connectivity index (χ3v) is 8.56. The predicted octanol–water partition coefficient (Wildman–Crippen LogP) is 3.61. The minimum Gasteiger partial charge on any atom is -0.391 e. The summed E-state index contributed by atoms with van der Waals surface area (Å²) in [7, 11) is 0. The van der Waals surface area contributed by atoms with Gasteiger partial charge < -0.3 is 10.0 Å². The van der Waals surface area contributed by atoms with Gasteiger partial charge in [0.05, 0.1) is 6.10 Å². The van der Waals surface area contributed by atoms with E-state index in [1.54, 1.807) is 0 Å². The van der Waals surface area contributed by atoms with Crippen molar-refractivity contribution in [2.24, 2.45) is 29.6 Å². The number of benzene rings is 1. The molecule has 1 atom stereocenters. The Bertz CT molecular complexity index is 655.